The zero-order valence-electron chi connectivity index (χ0n) is 8.24. The molecule has 0 fully saturated rings. The van der Waals surface area contributed by atoms with Crippen molar-refractivity contribution in [1.29, 1.82) is 0 Å². The second-order valence-corrected chi connectivity index (χ2v) is 8.64. The van der Waals surface area contributed by atoms with Crippen molar-refractivity contribution in [2.75, 3.05) is 13.3 Å². The van der Waals surface area contributed by atoms with E-state index in [2.05, 4.69) is 25.5 Å². The highest BCUT2D eigenvalue weighted by Gasteiger charge is 2.02. The van der Waals surface area contributed by atoms with Gasteiger partial charge in [-0.15, -0.1) is 0 Å². The smallest absolute Gasteiger partial charge is 0.0147 e. The first-order valence-corrected chi connectivity index (χ1v) is 7.91. The van der Waals surface area contributed by atoms with Crippen LogP contribution in [0.4, 0.5) is 0 Å². The summed E-state index contributed by atoms with van der Waals surface area (Å²) >= 11 is 5.36. The fourth-order valence-electron chi connectivity index (χ4n) is 0.787. The van der Waals surface area contributed by atoms with E-state index in [0.717, 1.165) is 0 Å². The molecule has 0 N–H and O–H groups in total. The molecule has 1 rings (SSSR count). The maximum atomic E-state index is 5.36. The summed E-state index contributed by atoms with van der Waals surface area (Å²) < 4.78 is 0. The van der Waals surface area contributed by atoms with E-state index in [0.29, 0.717) is 0 Å². The van der Waals surface area contributed by atoms with E-state index in [-0.39, 0.29) is 0 Å². The first-order valence-electron chi connectivity index (χ1n) is 4.21. The van der Waals surface area contributed by atoms with Crippen molar-refractivity contribution in [1.82, 2.24) is 0 Å². The quantitative estimate of drug-likeness (QED) is 0.628. The highest BCUT2D eigenvalue weighted by Crippen LogP contribution is 2.34. The Hall–Kier alpha value is -0.130. The molecule has 0 spiro atoms. The molecule has 68 valence electrons. The summed E-state index contributed by atoms with van der Waals surface area (Å²) in [6.45, 7) is 8.30. The van der Waals surface area contributed by atoms with Crippen LogP contribution in [-0.2, 0) is 11.8 Å². The van der Waals surface area contributed by atoms with Crippen LogP contribution in [-0.4, -0.2) is 13.3 Å². The van der Waals surface area contributed by atoms with Crippen molar-refractivity contribution >= 4 is 23.1 Å². The van der Waals surface area contributed by atoms with E-state index < -0.39 is 6.04 Å². The van der Waals surface area contributed by atoms with Gasteiger partial charge in [0.2, 0.25) is 0 Å². The van der Waals surface area contributed by atoms with Crippen molar-refractivity contribution in [3.63, 3.8) is 0 Å². The maximum Gasteiger partial charge on any atom is -0.0147 e. The Labute approximate surface area is 81.0 Å². The number of rotatable bonds is 1. The molecule has 0 bridgehead atoms. The van der Waals surface area contributed by atoms with E-state index in [4.69, 9.17) is 11.8 Å². The molecular formula is C10H17PS. The van der Waals surface area contributed by atoms with Gasteiger partial charge in [0.05, 0.1) is 0 Å². The van der Waals surface area contributed by atoms with E-state index in [9.17, 15) is 0 Å². The third-order valence-electron chi connectivity index (χ3n) is 1.38. The summed E-state index contributed by atoms with van der Waals surface area (Å²) in [5.74, 6) is 0. The van der Waals surface area contributed by atoms with Crippen molar-refractivity contribution in [3.8, 4) is 0 Å². The van der Waals surface area contributed by atoms with E-state index >= 15 is 0 Å². The molecule has 0 aromatic heterocycles. The molecule has 0 saturated heterocycles. The lowest BCUT2D eigenvalue weighted by molar-refractivity contribution is 1.50. The maximum absolute atomic E-state index is 5.36. The summed E-state index contributed by atoms with van der Waals surface area (Å²) in [5.41, 5.74) is 0. The van der Waals surface area contributed by atoms with Crippen LogP contribution in [0.2, 0.25) is 0 Å². The molecule has 0 amide bonds. The van der Waals surface area contributed by atoms with E-state index in [1.165, 1.54) is 5.30 Å². The molecule has 1 aromatic carbocycles. The van der Waals surface area contributed by atoms with E-state index in [1.807, 2.05) is 32.0 Å². The fraction of sp³-hybridized carbons (Fsp3) is 0.400. The topological polar surface area (TPSA) is 0 Å². The van der Waals surface area contributed by atoms with Crippen LogP contribution in [0, 0.1) is 0 Å². The average Bonchev–Trinajstić information content (AvgIpc) is 2.08. The summed E-state index contributed by atoms with van der Waals surface area (Å²) in [6.07, 6.45) is 0. The Morgan fingerprint density at radius 1 is 1.00 bits per heavy atom. The summed E-state index contributed by atoms with van der Waals surface area (Å²) in [7, 11) is 0. The molecule has 0 aliphatic carbocycles. The zero-order valence-corrected chi connectivity index (χ0v) is 9.95. The van der Waals surface area contributed by atoms with Crippen LogP contribution in [0.5, 0.6) is 0 Å². The van der Waals surface area contributed by atoms with Crippen LogP contribution in [0.1, 0.15) is 13.8 Å². The van der Waals surface area contributed by atoms with Gasteiger partial charge in [0, 0.05) is 0 Å². The SMILES string of the molecule is CC.CP(C)(=S)c1ccccc1. The monoisotopic (exact) mass is 200 g/mol. The molecule has 0 aliphatic heterocycles. The summed E-state index contributed by atoms with van der Waals surface area (Å²) in [6, 6.07) is 9.15. The molecule has 0 radical (unpaired) electrons. The summed E-state index contributed by atoms with van der Waals surface area (Å²) in [4.78, 5) is 0. The molecule has 0 heterocycles. The predicted octanol–water partition coefficient (Wildman–Crippen LogP) is 3.08. The molecule has 0 saturated carbocycles. The van der Waals surface area contributed by atoms with Gasteiger partial charge in [-0.1, -0.05) is 56.0 Å². The molecule has 0 atom stereocenters. The van der Waals surface area contributed by atoms with Gasteiger partial charge in [0.15, 0.2) is 0 Å². The van der Waals surface area contributed by atoms with Gasteiger partial charge in [0.1, 0.15) is 0 Å². The van der Waals surface area contributed by atoms with Gasteiger partial charge >= 0.3 is 0 Å². The first-order chi connectivity index (χ1) is 5.61. The minimum atomic E-state index is -1.18. The van der Waals surface area contributed by atoms with Crippen molar-refractivity contribution < 1.29 is 0 Å². The molecule has 0 aliphatic rings. The Morgan fingerprint density at radius 3 is 1.67 bits per heavy atom. The minimum Gasteiger partial charge on any atom is -0.0931 e. The van der Waals surface area contributed by atoms with Crippen molar-refractivity contribution in [3.05, 3.63) is 30.3 Å². The van der Waals surface area contributed by atoms with Crippen LogP contribution in [0.25, 0.3) is 0 Å². The van der Waals surface area contributed by atoms with Crippen LogP contribution < -0.4 is 5.30 Å². The van der Waals surface area contributed by atoms with Crippen molar-refractivity contribution in [2.24, 2.45) is 0 Å². The van der Waals surface area contributed by atoms with Crippen molar-refractivity contribution in [2.45, 2.75) is 13.8 Å². The molecule has 1 aromatic rings. The second-order valence-electron chi connectivity index (χ2n) is 2.69. The van der Waals surface area contributed by atoms with Gasteiger partial charge < -0.3 is 0 Å². The minimum absolute atomic E-state index is 1.18. The molecule has 2 heteroatoms. The molecular weight excluding hydrogens is 183 g/mol. The Bertz CT molecular complexity index is 248. The summed E-state index contributed by atoms with van der Waals surface area (Å²) in [5, 5.41) is 1.32. The lowest BCUT2D eigenvalue weighted by Crippen LogP contribution is -1.99. The lowest BCUT2D eigenvalue weighted by Gasteiger charge is -2.08. The third kappa shape index (κ3) is 4.04. The Balaban J connectivity index is 0.000000561. The number of hydrogen-bond donors (Lipinski definition) is 0. The second kappa shape index (κ2) is 5.50. The highest BCUT2D eigenvalue weighted by molar-refractivity contribution is 8.17. The van der Waals surface area contributed by atoms with Gasteiger partial charge in [-0.05, 0) is 24.7 Å². The molecule has 0 unspecified atom stereocenters. The van der Waals surface area contributed by atoms with Gasteiger partial charge in [-0.2, -0.15) is 0 Å². The highest BCUT2D eigenvalue weighted by atomic mass is 32.4. The number of benzene rings is 1. The number of hydrogen-bond acceptors (Lipinski definition) is 1. The van der Waals surface area contributed by atoms with Crippen LogP contribution >= 0.6 is 6.04 Å². The Kier molecular flexibility index (Phi) is 5.44. The normalized spacial score (nSPS) is 10.0. The first kappa shape index (κ1) is 11.9. The van der Waals surface area contributed by atoms with Gasteiger partial charge in [-0.25, -0.2) is 0 Å². The van der Waals surface area contributed by atoms with Gasteiger partial charge in [0.25, 0.3) is 0 Å². The average molecular weight is 200 g/mol. The molecule has 12 heavy (non-hydrogen) atoms. The standard InChI is InChI=1S/C8H11PS.C2H6/c1-9(2,10)8-6-4-3-5-7-8;1-2/h3-7H,1-2H3;1-2H3. The van der Waals surface area contributed by atoms with Crippen LogP contribution in [0.3, 0.4) is 0 Å². The third-order valence-corrected chi connectivity index (χ3v) is 3.55. The van der Waals surface area contributed by atoms with E-state index in [1.54, 1.807) is 0 Å². The Morgan fingerprint density at radius 2 is 1.42 bits per heavy atom. The fourth-order valence-corrected chi connectivity index (χ4v) is 2.04. The largest absolute Gasteiger partial charge is 0.0931 e. The predicted molar refractivity (Wildman–Crippen MR) is 63.6 cm³/mol. The van der Waals surface area contributed by atoms with Gasteiger partial charge in [-0.3, -0.25) is 0 Å². The van der Waals surface area contributed by atoms with Crippen LogP contribution in [0.15, 0.2) is 30.3 Å². The lowest BCUT2D eigenvalue weighted by atomic mass is 10.4. The zero-order chi connectivity index (χ0) is 9.61. The molecule has 0 nitrogen and oxygen atoms in total.